The summed E-state index contributed by atoms with van der Waals surface area (Å²) in [5, 5.41) is 3.39. The van der Waals surface area contributed by atoms with E-state index in [0.29, 0.717) is 5.82 Å². The molecule has 2 heterocycles. The normalized spacial score (nSPS) is 11.7. The molecule has 0 saturated heterocycles. The summed E-state index contributed by atoms with van der Waals surface area (Å²) in [4.78, 5) is 8.62. The maximum atomic E-state index is 5.00. The molecule has 90 valence electrons. The third kappa shape index (κ3) is 3.39. The van der Waals surface area contributed by atoms with Gasteiger partial charge in [0.2, 0.25) is 0 Å². The summed E-state index contributed by atoms with van der Waals surface area (Å²) < 4.78 is 5.00. The number of nitrogens with zero attached hydrogens (tertiary/aromatic N) is 2. The summed E-state index contributed by atoms with van der Waals surface area (Å²) in [7, 11) is 0. The molecule has 0 aromatic carbocycles. The third-order valence-electron chi connectivity index (χ3n) is 2.31. The Kier molecular flexibility index (Phi) is 3.24. The number of rotatable bonds is 3. The zero-order valence-electron chi connectivity index (χ0n) is 10.4. The van der Waals surface area contributed by atoms with E-state index in [4.69, 9.17) is 4.42 Å². The van der Waals surface area contributed by atoms with Crippen LogP contribution in [0.1, 0.15) is 26.3 Å². The maximum Gasteiger partial charge on any atom is 0.162 e. The van der Waals surface area contributed by atoms with Gasteiger partial charge in [-0.25, -0.2) is 9.97 Å². The van der Waals surface area contributed by atoms with E-state index in [-0.39, 0.29) is 5.54 Å². The van der Waals surface area contributed by atoms with Gasteiger partial charge in [-0.2, -0.15) is 0 Å². The molecule has 0 bridgehead atoms. The molecule has 0 saturated carbocycles. The quantitative estimate of drug-likeness (QED) is 0.882. The van der Waals surface area contributed by atoms with Gasteiger partial charge in [0.15, 0.2) is 5.82 Å². The van der Waals surface area contributed by atoms with Gasteiger partial charge >= 0.3 is 0 Å². The summed E-state index contributed by atoms with van der Waals surface area (Å²) in [5.74, 6) is 0.693. The lowest BCUT2D eigenvalue weighted by molar-refractivity contribution is 0.423. The first-order valence-electron chi connectivity index (χ1n) is 5.63. The van der Waals surface area contributed by atoms with Gasteiger partial charge in [-0.15, -0.1) is 0 Å². The van der Waals surface area contributed by atoms with Gasteiger partial charge in [0.25, 0.3) is 0 Å². The predicted octanol–water partition coefficient (Wildman–Crippen LogP) is 2.62. The van der Waals surface area contributed by atoms with E-state index in [2.05, 4.69) is 36.1 Å². The van der Waals surface area contributed by atoms with Crippen molar-refractivity contribution >= 4 is 0 Å². The Bertz CT molecular complexity index is 454. The smallest absolute Gasteiger partial charge is 0.162 e. The number of hydrogen-bond acceptors (Lipinski definition) is 4. The van der Waals surface area contributed by atoms with Crippen LogP contribution in [0.2, 0.25) is 0 Å². The number of aromatic nitrogens is 2. The van der Waals surface area contributed by atoms with Crippen molar-refractivity contribution in [2.24, 2.45) is 0 Å². The topological polar surface area (TPSA) is 51.0 Å². The summed E-state index contributed by atoms with van der Waals surface area (Å²) in [6.45, 7) is 7.17. The van der Waals surface area contributed by atoms with Gasteiger partial charge in [0, 0.05) is 30.0 Å². The molecule has 0 aliphatic rings. The fourth-order valence-corrected chi connectivity index (χ4v) is 1.35. The van der Waals surface area contributed by atoms with Crippen molar-refractivity contribution in [1.82, 2.24) is 15.3 Å². The van der Waals surface area contributed by atoms with E-state index in [1.54, 1.807) is 12.5 Å². The van der Waals surface area contributed by atoms with Crippen molar-refractivity contribution < 1.29 is 4.42 Å². The summed E-state index contributed by atoms with van der Waals surface area (Å²) >= 11 is 0. The van der Waals surface area contributed by atoms with E-state index >= 15 is 0 Å². The summed E-state index contributed by atoms with van der Waals surface area (Å²) in [6.07, 6.45) is 6.94. The lowest BCUT2D eigenvalue weighted by Gasteiger charge is -2.20. The number of nitrogens with one attached hydrogen (secondary N) is 1. The van der Waals surface area contributed by atoms with Crippen LogP contribution in [0.5, 0.6) is 0 Å². The molecular weight excluding hydrogens is 214 g/mol. The van der Waals surface area contributed by atoms with E-state index in [9.17, 15) is 0 Å². The molecule has 0 unspecified atom stereocenters. The minimum atomic E-state index is 0.100. The highest BCUT2D eigenvalue weighted by Gasteiger charge is 2.09. The van der Waals surface area contributed by atoms with Gasteiger partial charge in [-0.3, -0.25) is 0 Å². The minimum absolute atomic E-state index is 0.100. The number of furan rings is 1. The molecule has 0 fully saturated rings. The van der Waals surface area contributed by atoms with Gasteiger partial charge in [-0.05, 0) is 26.8 Å². The SMILES string of the molecule is CC(C)(C)NCc1cnc(-c2ccoc2)nc1. The van der Waals surface area contributed by atoms with Crippen LogP contribution in [0.25, 0.3) is 11.4 Å². The van der Waals surface area contributed by atoms with Crippen LogP contribution in [0.15, 0.2) is 35.4 Å². The van der Waals surface area contributed by atoms with Crippen molar-refractivity contribution in [3.05, 3.63) is 36.5 Å². The number of hydrogen-bond donors (Lipinski definition) is 1. The molecule has 4 nitrogen and oxygen atoms in total. The molecule has 0 radical (unpaired) electrons. The van der Waals surface area contributed by atoms with Crippen LogP contribution in [0.3, 0.4) is 0 Å². The molecule has 0 amide bonds. The van der Waals surface area contributed by atoms with Crippen molar-refractivity contribution in [3.8, 4) is 11.4 Å². The monoisotopic (exact) mass is 231 g/mol. The predicted molar refractivity (Wildman–Crippen MR) is 66.3 cm³/mol. The highest BCUT2D eigenvalue weighted by molar-refractivity contribution is 5.51. The average molecular weight is 231 g/mol. The van der Waals surface area contributed by atoms with Crippen LogP contribution in [0.4, 0.5) is 0 Å². The van der Waals surface area contributed by atoms with E-state index < -0.39 is 0 Å². The lowest BCUT2D eigenvalue weighted by Crippen LogP contribution is -2.35. The Hall–Kier alpha value is -1.68. The molecule has 0 aliphatic heterocycles. The van der Waals surface area contributed by atoms with Gasteiger partial charge in [0.05, 0.1) is 11.8 Å². The Morgan fingerprint density at radius 2 is 1.94 bits per heavy atom. The first-order valence-corrected chi connectivity index (χ1v) is 5.63. The minimum Gasteiger partial charge on any atom is -0.472 e. The van der Waals surface area contributed by atoms with Crippen molar-refractivity contribution in [3.63, 3.8) is 0 Å². The standard InChI is InChI=1S/C13H17N3O/c1-13(2,3)16-8-10-6-14-12(15-7-10)11-4-5-17-9-11/h4-7,9,16H,8H2,1-3H3. The van der Waals surface area contributed by atoms with Crippen LogP contribution in [0, 0.1) is 0 Å². The fourth-order valence-electron chi connectivity index (χ4n) is 1.35. The van der Waals surface area contributed by atoms with E-state index in [1.807, 2.05) is 18.5 Å². The van der Waals surface area contributed by atoms with Gasteiger partial charge < -0.3 is 9.73 Å². The fraction of sp³-hybridized carbons (Fsp3) is 0.385. The Balaban J connectivity index is 2.04. The van der Waals surface area contributed by atoms with Crippen LogP contribution < -0.4 is 5.32 Å². The highest BCUT2D eigenvalue weighted by Crippen LogP contribution is 2.14. The molecule has 2 aromatic heterocycles. The zero-order valence-corrected chi connectivity index (χ0v) is 10.4. The highest BCUT2D eigenvalue weighted by atomic mass is 16.3. The lowest BCUT2D eigenvalue weighted by atomic mass is 10.1. The van der Waals surface area contributed by atoms with Gasteiger partial charge in [-0.1, -0.05) is 0 Å². The van der Waals surface area contributed by atoms with Gasteiger partial charge in [0.1, 0.15) is 6.26 Å². The Morgan fingerprint density at radius 1 is 1.24 bits per heavy atom. The van der Waals surface area contributed by atoms with Crippen molar-refractivity contribution in [1.29, 1.82) is 0 Å². The Morgan fingerprint density at radius 3 is 2.47 bits per heavy atom. The summed E-state index contributed by atoms with van der Waals surface area (Å²) in [5.41, 5.74) is 2.08. The second-order valence-electron chi connectivity index (χ2n) is 5.03. The molecule has 0 atom stereocenters. The van der Waals surface area contributed by atoms with E-state index in [1.165, 1.54) is 0 Å². The second kappa shape index (κ2) is 4.67. The molecule has 17 heavy (non-hydrogen) atoms. The molecule has 4 heteroatoms. The zero-order chi connectivity index (χ0) is 12.3. The van der Waals surface area contributed by atoms with Crippen molar-refractivity contribution in [2.75, 3.05) is 0 Å². The molecule has 0 aliphatic carbocycles. The third-order valence-corrected chi connectivity index (χ3v) is 2.31. The molecule has 1 N–H and O–H groups in total. The average Bonchev–Trinajstić information content (AvgIpc) is 2.79. The summed E-state index contributed by atoms with van der Waals surface area (Å²) in [6, 6.07) is 1.85. The van der Waals surface area contributed by atoms with Crippen LogP contribution >= 0.6 is 0 Å². The first-order chi connectivity index (χ1) is 8.04. The van der Waals surface area contributed by atoms with E-state index in [0.717, 1.165) is 17.7 Å². The largest absolute Gasteiger partial charge is 0.472 e. The molecular formula is C13H17N3O. The molecule has 2 aromatic rings. The molecule has 2 rings (SSSR count). The second-order valence-corrected chi connectivity index (χ2v) is 5.03. The van der Waals surface area contributed by atoms with Crippen LogP contribution in [-0.2, 0) is 6.54 Å². The first kappa shape index (κ1) is 11.8. The molecule has 0 spiro atoms. The maximum absolute atomic E-state index is 5.00. The van der Waals surface area contributed by atoms with Crippen molar-refractivity contribution in [2.45, 2.75) is 32.9 Å². The van der Waals surface area contributed by atoms with Crippen LogP contribution in [-0.4, -0.2) is 15.5 Å². The Labute approximate surface area is 101 Å².